The van der Waals surface area contributed by atoms with Crippen molar-refractivity contribution in [2.24, 2.45) is 11.8 Å². The maximum Gasteiger partial charge on any atom is 0.0624 e. The van der Waals surface area contributed by atoms with Crippen molar-refractivity contribution in [2.75, 3.05) is 6.54 Å². The molecule has 1 aromatic rings. The van der Waals surface area contributed by atoms with Crippen molar-refractivity contribution in [2.45, 2.75) is 73.4 Å². The Morgan fingerprint density at radius 2 is 1.85 bits per heavy atom. The molecule has 2 unspecified atom stereocenters. The zero-order chi connectivity index (χ0) is 15.3. The van der Waals surface area contributed by atoms with Crippen LogP contribution in [-0.4, -0.2) is 21.9 Å². The van der Waals surface area contributed by atoms with Gasteiger partial charge in [-0.3, -0.25) is 4.68 Å². The Balaban J connectivity index is 2.60. The van der Waals surface area contributed by atoms with Crippen LogP contribution in [0.25, 0.3) is 0 Å². The molecular weight excluding hydrogens is 246 g/mol. The fourth-order valence-corrected chi connectivity index (χ4v) is 2.33. The Bertz CT molecular complexity index is 401. The van der Waals surface area contributed by atoms with Crippen molar-refractivity contribution in [3.05, 3.63) is 17.5 Å². The van der Waals surface area contributed by atoms with E-state index in [0.29, 0.717) is 11.8 Å². The summed E-state index contributed by atoms with van der Waals surface area (Å²) in [7, 11) is 0. The molecule has 1 rings (SSSR count). The molecule has 0 radical (unpaired) electrons. The summed E-state index contributed by atoms with van der Waals surface area (Å²) in [5, 5.41) is 8.26. The number of hydrogen-bond donors (Lipinski definition) is 1. The molecule has 20 heavy (non-hydrogen) atoms. The molecule has 0 aliphatic rings. The molecule has 2 atom stereocenters. The molecule has 0 spiro atoms. The van der Waals surface area contributed by atoms with Crippen LogP contribution < -0.4 is 5.32 Å². The number of aryl methyl sites for hydroxylation is 2. The van der Waals surface area contributed by atoms with Crippen molar-refractivity contribution in [3.8, 4) is 0 Å². The molecule has 1 aromatic heterocycles. The Hall–Kier alpha value is -0.830. The minimum Gasteiger partial charge on any atom is -0.312 e. The molecule has 0 saturated heterocycles. The van der Waals surface area contributed by atoms with Gasteiger partial charge in [0.1, 0.15) is 0 Å². The van der Waals surface area contributed by atoms with Gasteiger partial charge in [-0.1, -0.05) is 20.8 Å². The predicted molar refractivity (Wildman–Crippen MR) is 87.1 cm³/mol. The fraction of sp³-hybridized carbons (Fsp3) is 0.824. The Morgan fingerprint density at radius 3 is 2.35 bits per heavy atom. The molecule has 0 aliphatic heterocycles. The van der Waals surface area contributed by atoms with Crippen LogP contribution in [0.4, 0.5) is 0 Å². The number of nitrogens with zero attached hydrogens (tertiary/aromatic N) is 2. The van der Waals surface area contributed by atoms with E-state index in [4.69, 9.17) is 0 Å². The van der Waals surface area contributed by atoms with Gasteiger partial charge in [-0.25, -0.2) is 0 Å². The summed E-state index contributed by atoms with van der Waals surface area (Å²) in [5.74, 6) is 1.33. The lowest BCUT2D eigenvalue weighted by molar-refractivity contribution is 0.313. The summed E-state index contributed by atoms with van der Waals surface area (Å²) < 4.78 is 2.17. The minimum atomic E-state index is 0.203. The van der Waals surface area contributed by atoms with Gasteiger partial charge in [0.05, 0.1) is 5.69 Å². The average molecular weight is 279 g/mol. The zero-order valence-corrected chi connectivity index (χ0v) is 14.5. The van der Waals surface area contributed by atoms with Crippen molar-refractivity contribution in [3.63, 3.8) is 0 Å². The van der Waals surface area contributed by atoms with Crippen LogP contribution >= 0.6 is 0 Å². The lowest BCUT2D eigenvalue weighted by Gasteiger charge is -2.26. The Labute approximate surface area is 125 Å². The first-order valence-corrected chi connectivity index (χ1v) is 8.07. The van der Waals surface area contributed by atoms with Gasteiger partial charge in [0.25, 0.3) is 0 Å². The maximum atomic E-state index is 4.65. The third-order valence-corrected chi connectivity index (χ3v) is 4.03. The average Bonchev–Trinajstić information content (AvgIpc) is 2.77. The number of aromatic nitrogens is 2. The van der Waals surface area contributed by atoms with Crippen molar-refractivity contribution in [1.29, 1.82) is 0 Å². The highest BCUT2D eigenvalue weighted by Crippen LogP contribution is 2.18. The molecule has 116 valence electrons. The second-order valence-electron chi connectivity index (χ2n) is 7.09. The smallest absolute Gasteiger partial charge is 0.0624 e. The topological polar surface area (TPSA) is 29.9 Å². The standard InChI is InChI=1S/C17H33N3/c1-8-15-11-16(20(9-2)19-15)10-13(3)14(4)12-18-17(5,6)7/h11,13-14,18H,8-10,12H2,1-7H3. The van der Waals surface area contributed by atoms with E-state index in [1.807, 2.05) is 0 Å². The second-order valence-corrected chi connectivity index (χ2v) is 7.09. The van der Waals surface area contributed by atoms with E-state index in [-0.39, 0.29) is 5.54 Å². The van der Waals surface area contributed by atoms with E-state index in [9.17, 15) is 0 Å². The molecule has 0 fully saturated rings. The molecule has 1 heterocycles. The summed E-state index contributed by atoms with van der Waals surface area (Å²) in [6.45, 7) is 17.8. The minimum absolute atomic E-state index is 0.203. The lowest BCUT2D eigenvalue weighted by Crippen LogP contribution is -2.40. The van der Waals surface area contributed by atoms with Crippen molar-refractivity contribution in [1.82, 2.24) is 15.1 Å². The van der Waals surface area contributed by atoms with Crippen LogP contribution in [0.1, 0.15) is 59.9 Å². The van der Waals surface area contributed by atoms with E-state index >= 15 is 0 Å². The van der Waals surface area contributed by atoms with Gasteiger partial charge in [-0.15, -0.1) is 0 Å². The van der Waals surface area contributed by atoms with Crippen LogP contribution in [0.15, 0.2) is 6.07 Å². The summed E-state index contributed by atoms with van der Waals surface area (Å²) in [4.78, 5) is 0. The van der Waals surface area contributed by atoms with Crippen LogP contribution in [0.3, 0.4) is 0 Å². The fourth-order valence-electron chi connectivity index (χ4n) is 2.33. The van der Waals surface area contributed by atoms with Crippen LogP contribution in [-0.2, 0) is 19.4 Å². The van der Waals surface area contributed by atoms with Gasteiger partial charge >= 0.3 is 0 Å². The SMILES string of the molecule is CCc1cc(CC(C)C(C)CNC(C)(C)C)n(CC)n1. The molecular formula is C17H33N3. The molecule has 0 aliphatic carbocycles. The quantitative estimate of drug-likeness (QED) is 0.825. The Kier molecular flexibility index (Phi) is 6.25. The first-order chi connectivity index (χ1) is 9.26. The summed E-state index contributed by atoms with van der Waals surface area (Å²) in [6, 6.07) is 2.28. The molecule has 3 nitrogen and oxygen atoms in total. The maximum absolute atomic E-state index is 4.65. The second kappa shape index (κ2) is 7.26. The third kappa shape index (κ3) is 5.28. The van der Waals surface area contributed by atoms with Crippen molar-refractivity contribution < 1.29 is 0 Å². The largest absolute Gasteiger partial charge is 0.312 e. The summed E-state index contributed by atoms with van der Waals surface area (Å²) in [5.41, 5.74) is 2.81. The van der Waals surface area contributed by atoms with Gasteiger partial charge in [-0.05, 0) is 65.0 Å². The monoisotopic (exact) mass is 279 g/mol. The summed E-state index contributed by atoms with van der Waals surface area (Å²) in [6.07, 6.45) is 2.14. The first kappa shape index (κ1) is 17.2. The van der Waals surface area contributed by atoms with Gasteiger partial charge in [0.15, 0.2) is 0 Å². The Morgan fingerprint density at radius 1 is 1.20 bits per heavy atom. The molecule has 0 amide bonds. The highest BCUT2D eigenvalue weighted by atomic mass is 15.3. The lowest BCUT2D eigenvalue weighted by atomic mass is 9.90. The van der Waals surface area contributed by atoms with Gasteiger partial charge in [0.2, 0.25) is 0 Å². The highest BCUT2D eigenvalue weighted by Gasteiger charge is 2.18. The third-order valence-electron chi connectivity index (χ3n) is 4.03. The molecule has 0 aromatic carbocycles. The van der Waals surface area contributed by atoms with E-state index in [1.54, 1.807) is 0 Å². The van der Waals surface area contributed by atoms with Crippen LogP contribution in [0, 0.1) is 11.8 Å². The zero-order valence-electron chi connectivity index (χ0n) is 14.5. The molecule has 1 N–H and O–H groups in total. The van der Waals surface area contributed by atoms with Gasteiger partial charge < -0.3 is 5.32 Å². The normalized spacial score (nSPS) is 15.3. The summed E-state index contributed by atoms with van der Waals surface area (Å²) >= 11 is 0. The highest BCUT2D eigenvalue weighted by molar-refractivity contribution is 5.11. The molecule has 0 saturated carbocycles. The van der Waals surface area contributed by atoms with Crippen molar-refractivity contribution >= 4 is 0 Å². The van der Waals surface area contributed by atoms with E-state index in [1.165, 1.54) is 11.4 Å². The van der Waals surface area contributed by atoms with E-state index < -0.39 is 0 Å². The first-order valence-electron chi connectivity index (χ1n) is 8.07. The number of hydrogen-bond acceptors (Lipinski definition) is 2. The van der Waals surface area contributed by atoms with E-state index in [2.05, 4.69) is 69.6 Å². The van der Waals surface area contributed by atoms with Gasteiger partial charge in [0, 0.05) is 17.8 Å². The number of rotatable bonds is 7. The molecule has 0 bridgehead atoms. The van der Waals surface area contributed by atoms with Gasteiger partial charge in [-0.2, -0.15) is 5.10 Å². The van der Waals surface area contributed by atoms with Crippen LogP contribution in [0.2, 0.25) is 0 Å². The number of nitrogens with one attached hydrogen (secondary N) is 1. The van der Waals surface area contributed by atoms with Crippen LogP contribution in [0.5, 0.6) is 0 Å². The predicted octanol–water partition coefficient (Wildman–Crippen LogP) is 3.67. The van der Waals surface area contributed by atoms with E-state index in [0.717, 1.165) is 25.9 Å². The molecule has 3 heteroatoms.